The van der Waals surface area contributed by atoms with Crippen LogP contribution in [0.4, 0.5) is 9.59 Å². The third-order valence-corrected chi connectivity index (χ3v) is 8.19. The van der Waals surface area contributed by atoms with Gasteiger partial charge in [-0.05, 0) is 49.2 Å². The summed E-state index contributed by atoms with van der Waals surface area (Å²) in [4.78, 5) is 26.1. The molecule has 0 aliphatic carbocycles. The Morgan fingerprint density at radius 3 is 1.62 bits per heavy atom. The van der Waals surface area contributed by atoms with Crippen molar-refractivity contribution in [3.8, 4) is 5.75 Å². The van der Waals surface area contributed by atoms with E-state index in [1.807, 2.05) is 18.6 Å². The van der Waals surface area contributed by atoms with Crippen molar-refractivity contribution in [1.29, 1.82) is 0 Å². The van der Waals surface area contributed by atoms with Crippen LogP contribution in [0.25, 0.3) is 0 Å². The zero-order chi connectivity index (χ0) is 30.1. The van der Waals surface area contributed by atoms with Crippen molar-refractivity contribution in [3.05, 3.63) is 131 Å². The van der Waals surface area contributed by atoms with E-state index in [-0.39, 0.29) is 4.90 Å². The summed E-state index contributed by atoms with van der Waals surface area (Å²) >= 11 is -2.23. The van der Waals surface area contributed by atoms with E-state index in [2.05, 4.69) is 15.4 Å². The Labute approximate surface area is 247 Å². The normalized spacial score (nSPS) is 13.2. The maximum atomic E-state index is 13.1. The van der Waals surface area contributed by atoms with E-state index in [0.29, 0.717) is 16.9 Å². The van der Waals surface area contributed by atoms with Crippen LogP contribution in [0.15, 0.2) is 114 Å². The molecule has 0 aliphatic heterocycles. The van der Waals surface area contributed by atoms with Crippen LogP contribution >= 0.6 is 0 Å². The number of carbonyl (C=O) groups excluding carboxylic acids is 2. The lowest BCUT2D eigenvalue weighted by molar-refractivity contribution is 0.229. The Kier molecular flexibility index (Phi) is 9.94. The summed E-state index contributed by atoms with van der Waals surface area (Å²) in [6.45, 7) is 3.71. The minimum atomic E-state index is -4.18. The largest absolute Gasteiger partial charge is 0.385 e. The molecule has 0 aliphatic rings. The third kappa shape index (κ3) is 8.41. The fourth-order valence-electron chi connectivity index (χ4n) is 4.06. The molecule has 0 fully saturated rings. The Morgan fingerprint density at radius 2 is 1.12 bits per heavy atom. The van der Waals surface area contributed by atoms with Gasteiger partial charge in [-0.25, -0.2) is 27.5 Å². The predicted octanol–water partition coefficient (Wildman–Crippen LogP) is 4.73. The summed E-state index contributed by atoms with van der Waals surface area (Å²) in [5, 5.41) is 5.44. The van der Waals surface area contributed by atoms with Crippen molar-refractivity contribution < 1.29 is 26.4 Å². The Morgan fingerprint density at radius 1 is 0.667 bits per heavy atom. The quantitative estimate of drug-likeness (QED) is 0.206. The monoisotopic (exact) mass is 606 g/mol. The lowest BCUT2D eigenvalue weighted by Crippen LogP contribution is -2.48. The number of nitrogens with one attached hydrogen (secondary N) is 4. The molecule has 4 aromatic carbocycles. The highest BCUT2D eigenvalue weighted by Gasteiger charge is 2.30. The number of carbonyl (C=O) groups is 2. The first-order valence-electron chi connectivity index (χ1n) is 12.8. The summed E-state index contributed by atoms with van der Waals surface area (Å²) in [7, 11) is -4.18. The molecular formula is C30H30N4O6S2. The molecule has 218 valence electrons. The second-order valence-corrected chi connectivity index (χ2v) is 11.9. The molecule has 3 atom stereocenters. The maximum Gasteiger partial charge on any atom is 0.329 e. The van der Waals surface area contributed by atoms with Crippen LogP contribution in [0.1, 0.15) is 34.3 Å². The van der Waals surface area contributed by atoms with Crippen molar-refractivity contribution in [2.45, 2.75) is 30.8 Å². The Balaban J connectivity index is 1.57. The van der Waals surface area contributed by atoms with Crippen molar-refractivity contribution in [2.24, 2.45) is 0 Å². The average Bonchev–Trinajstić information content (AvgIpc) is 2.97. The Hall–Kier alpha value is -4.68. The van der Waals surface area contributed by atoms with E-state index in [4.69, 9.17) is 4.18 Å². The van der Waals surface area contributed by atoms with Crippen LogP contribution in [0.3, 0.4) is 0 Å². The number of aryl methyl sites for hydroxylation is 2. The molecule has 0 bridgehead atoms. The van der Waals surface area contributed by atoms with Crippen LogP contribution < -0.4 is 24.3 Å². The van der Waals surface area contributed by atoms with Crippen LogP contribution in [0, 0.1) is 13.8 Å². The lowest BCUT2D eigenvalue weighted by Gasteiger charge is -2.29. The van der Waals surface area contributed by atoms with Crippen molar-refractivity contribution in [2.75, 3.05) is 0 Å². The summed E-state index contributed by atoms with van der Waals surface area (Å²) in [6, 6.07) is 26.7. The van der Waals surface area contributed by atoms with E-state index >= 15 is 0 Å². The fourth-order valence-corrected chi connectivity index (χ4v) is 5.51. The van der Waals surface area contributed by atoms with Gasteiger partial charge in [-0.3, -0.25) is 0 Å². The summed E-state index contributed by atoms with van der Waals surface area (Å²) in [6.07, 6.45) is 0. The first-order valence-corrected chi connectivity index (χ1v) is 15.4. The van der Waals surface area contributed by atoms with Crippen molar-refractivity contribution >= 4 is 33.4 Å². The molecule has 0 heterocycles. The standard InChI is InChI=1S/C30H30N4O6S2/c1-21-13-17-25(18-14-21)40-41(37)33-29(35)31-27(23-9-5-3-6-10-23)28(24-11-7-4-8-12-24)32-30(36)34-42(38,39)26-19-15-22(2)16-20-26/h3-20,27-28H,1-2H3,(H2,31,33,35)(H2,32,34,36). The molecule has 42 heavy (non-hydrogen) atoms. The van der Waals surface area contributed by atoms with Gasteiger partial charge in [-0.15, -0.1) is 0 Å². The number of benzene rings is 4. The van der Waals surface area contributed by atoms with Crippen molar-refractivity contribution in [1.82, 2.24) is 20.1 Å². The first kappa shape index (κ1) is 30.3. The van der Waals surface area contributed by atoms with Gasteiger partial charge in [0.15, 0.2) is 0 Å². The highest BCUT2D eigenvalue weighted by Crippen LogP contribution is 2.29. The fraction of sp³-hybridized carbons (Fsp3) is 0.133. The summed E-state index contributed by atoms with van der Waals surface area (Å²) < 4.78 is 47.9. The van der Waals surface area contributed by atoms with Crippen LogP contribution in [-0.4, -0.2) is 24.7 Å². The molecule has 3 unspecified atom stereocenters. The SMILES string of the molecule is Cc1ccc(OS(=O)NC(=O)NC(c2ccccc2)C(NC(=O)NS(=O)(=O)c2ccc(C)cc2)c2ccccc2)cc1. The summed E-state index contributed by atoms with van der Waals surface area (Å²) in [5.74, 6) is 0.300. The van der Waals surface area contributed by atoms with Gasteiger partial charge in [-0.2, -0.15) is 4.21 Å². The van der Waals surface area contributed by atoms with Gasteiger partial charge >= 0.3 is 23.3 Å². The van der Waals surface area contributed by atoms with Crippen molar-refractivity contribution in [3.63, 3.8) is 0 Å². The topological polar surface area (TPSA) is 143 Å². The second-order valence-electron chi connectivity index (χ2n) is 9.38. The van der Waals surface area contributed by atoms with Gasteiger partial charge < -0.3 is 14.8 Å². The van der Waals surface area contributed by atoms with Gasteiger partial charge in [0.1, 0.15) is 5.75 Å². The number of urea groups is 2. The zero-order valence-corrected chi connectivity index (χ0v) is 24.4. The predicted molar refractivity (Wildman–Crippen MR) is 160 cm³/mol. The zero-order valence-electron chi connectivity index (χ0n) is 22.8. The number of amides is 4. The first-order chi connectivity index (χ1) is 20.1. The average molecular weight is 607 g/mol. The lowest BCUT2D eigenvalue weighted by atomic mass is 9.93. The van der Waals surface area contributed by atoms with Crippen LogP contribution in [-0.2, 0) is 21.3 Å². The van der Waals surface area contributed by atoms with Gasteiger partial charge in [-0.1, -0.05) is 96.1 Å². The van der Waals surface area contributed by atoms with Gasteiger partial charge in [0.2, 0.25) is 0 Å². The molecular weight excluding hydrogens is 576 g/mol. The van der Waals surface area contributed by atoms with E-state index in [1.165, 1.54) is 12.1 Å². The molecule has 4 N–H and O–H groups in total. The van der Waals surface area contributed by atoms with E-state index < -0.39 is 45.4 Å². The third-order valence-electron chi connectivity index (χ3n) is 6.15. The van der Waals surface area contributed by atoms with E-state index in [1.54, 1.807) is 97.1 Å². The highest BCUT2D eigenvalue weighted by atomic mass is 32.2. The van der Waals surface area contributed by atoms with Crippen LogP contribution in [0.2, 0.25) is 0 Å². The summed E-state index contributed by atoms with van der Waals surface area (Å²) in [5.41, 5.74) is 3.02. The molecule has 4 amide bonds. The van der Waals surface area contributed by atoms with Gasteiger partial charge in [0.25, 0.3) is 10.0 Å². The minimum absolute atomic E-state index is 0.0762. The van der Waals surface area contributed by atoms with E-state index in [0.717, 1.165) is 11.1 Å². The molecule has 0 aromatic heterocycles. The molecule has 4 aromatic rings. The molecule has 12 heteroatoms. The second kappa shape index (κ2) is 13.8. The molecule has 0 spiro atoms. The molecule has 0 saturated carbocycles. The smallest absolute Gasteiger partial charge is 0.329 e. The highest BCUT2D eigenvalue weighted by molar-refractivity contribution is 7.90. The van der Waals surface area contributed by atoms with Crippen LogP contribution in [0.5, 0.6) is 5.75 Å². The Bertz CT molecular complexity index is 1630. The number of hydrogen-bond acceptors (Lipinski definition) is 6. The number of sulfonamides is 1. The number of hydrogen-bond donors (Lipinski definition) is 4. The minimum Gasteiger partial charge on any atom is -0.385 e. The molecule has 0 saturated heterocycles. The molecule has 10 nitrogen and oxygen atoms in total. The maximum absolute atomic E-state index is 13.1. The molecule has 0 radical (unpaired) electrons. The van der Waals surface area contributed by atoms with Gasteiger partial charge in [0, 0.05) is 0 Å². The van der Waals surface area contributed by atoms with Gasteiger partial charge in [0.05, 0.1) is 17.0 Å². The van der Waals surface area contributed by atoms with E-state index in [9.17, 15) is 22.2 Å². The number of rotatable bonds is 10. The molecule has 4 rings (SSSR count).